The van der Waals surface area contributed by atoms with E-state index in [9.17, 15) is 9.90 Å². The van der Waals surface area contributed by atoms with E-state index in [1.165, 1.54) is 0 Å². The van der Waals surface area contributed by atoms with Gasteiger partial charge in [-0.25, -0.2) is 4.79 Å². The first-order valence-electron chi connectivity index (χ1n) is 7.08. The SMILES string of the molecule is CCOC1CC(N2CCOc3c(C(=O)O)cccc32)C1. The van der Waals surface area contributed by atoms with Crippen LogP contribution in [0.1, 0.15) is 30.1 Å². The van der Waals surface area contributed by atoms with Crippen LogP contribution in [-0.2, 0) is 4.74 Å². The molecule has 0 spiro atoms. The van der Waals surface area contributed by atoms with Crippen molar-refractivity contribution in [3.8, 4) is 5.75 Å². The van der Waals surface area contributed by atoms with Gasteiger partial charge in [-0.3, -0.25) is 0 Å². The first-order valence-corrected chi connectivity index (χ1v) is 7.08. The lowest BCUT2D eigenvalue weighted by Crippen LogP contribution is -2.51. The molecular formula is C15H19NO4. The van der Waals surface area contributed by atoms with Crippen LogP contribution in [0.4, 0.5) is 5.69 Å². The van der Waals surface area contributed by atoms with Crippen LogP contribution < -0.4 is 9.64 Å². The van der Waals surface area contributed by atoms with Crippen molar-refractivity contribution in [2.24, 2.45) is 0 Å². The number of anilines is 1. The minimum atomic E-state index is -0.940. The Morgan fingerprint density at radius 3 is 3.00 bits per heavy atom. The molecule has 1 fully saturated rings. The maximum atomic E-state index is 11.3. The molecule has 5 heteroatoms. The van der Waals surface area contributed by atoms with Gasteiger partial charge < -0.3 is 19.5 Å². The highest BCUT2D eigenvalue weighted by molar-refractivity contribution is 5.93. The Morgan fingerprint density at radius 2 is 2.30 bits per heavy atom. The molecule has 0 saturated heterocycles. The van der Waals surface area contributed by atoms with Crippen LogP contribution >= 0.6 is 0 Å². The van der Waals surface area contributed by atoms with E-state index < -0.39 is 5.97 Å². The first-order chi connectivity index (χ1) is 9.70. The fourth-order valence-electron chi connectivity index (χ4n) is 2.98. The van der Waals surface area contributed by atoms with E-state index in [1.807, 2.05) is 13.0 Å². The monoisotopic (exact) mass is 277 g/mol. The second kappa shape index (κ2) is 5.32. The number of hydrogen-bond acceptors (Lipinski definition) is 4. The summed E-state index contributed by atoms with van der Waals surface area (Å²) in [4.78, 5) is 13.5. The van der Waals surface area contributed by atoms with Crippen LogP contribution in [0.15, 0.2) is 18.2 Å². The second-order valence-electron chi connectivity index (χ2n) is 5.20. The molecule has 0 aromatic heterocycles. The highest BCUT2D eigenvalue weighted by atomic mass is 16.5. The van der Waals surface area contributed by atoms with Crippen LogP contribution in [0, 0.1) is 0 Å². The Morgan fingerprint density at radius 1 is 1.50 bits per heavy atom. The van der Waals surface area contributed by atoms with Crippen LogP contribution in [0.25, 0.3) is 0 Å². The van der Waals surface area contributed by atoms with Gasteiger partial charge in [0.25, 0.3) is 0 Å². The molecule has 1 aromatic rings. The zero-order chi connectivity index (χ0) is 14.1. The second-order valence-corrected chi connectivity index (χ2v) is 5.20. The Kier molecular flexibility index (Phi) is 3.53. The number of ether oxygens (including phenoxy) is 2. The van der Waals surface area contributed by atoms with Gasteiger partial charge in [-0.05, 0) is 31.9 Å². The molecule has 3 rings (SSSR count). The van der Waals surface area contributed by atoms with Gasteiger partial charge in [-0.2, -0.15) is 0 Å². The van der Waals surface area contributed by atoms with Gasteiger partial charge in [0.05, 0.1) is 18.3 Å². The number of carbonyl (C=O) groups is 1. The predicted octanol–water partition coefficient (Wildman–Crippen LogP) is 2.15. The first kappa shape index (κ1) is 13.2. The molecule has 0 radical (unpaired) electrons. The van der Waals surface area contributed by atoms with Crippen molar-refractivity contribution in [3.63, 3.8) is 0 Å². The third-order valence-electron chi connectivity index (χ3n) is 4.03. The summed E-state index contributed by atoms with van der Waals surface area (Å²) < 4.78 is 11.2. The number of para-hydroxylation sites is 1. The van der Waals surface area contributed by atoms with Crippen molar-refractivity contribution >= 4 is 11.7 Å². The van der Waals surface area contributed by atoms with Crippen LogP contribution in [-0.4, -0.2) is 43.0 Å². The number of hydrogen-bond donors (Lipinski definition) is 1. The average molecular weight is 277 g/mol. The molecule has 1 saturated carbocycles. The molecule has 2 aliphatic rings. The van der Waals surface area contributed by atoms with E-state index >= 15 is 0 Å². The lowest BCUT2D eigenvalue weighted by atomic mass is 9.87. The summed E-state index contributed by atoms with van der Waals surface area (Å²) >= 11 is 0. The Balaban J connectivity index is 1.81. The molecule has 5 nitrogen and oxygen atoms in total. The van der Waals surface area contributed by atoms with E-state index in [0.717, 1.165) is 31.7 Å². The van der Waals surface area contributed by atoms with Crippen LogP contribution in [0.2, 0.25) is 0 Å². The summed E-state index contributed by atoms with van der Waals surface area (Å²) in [5, 5.41) is 9.23. The quantitative estimate of drug-likeness (QED) is 0.913. The lowest BCUT2D eigenvalue weighted by molar-refractivity contribution is -0.00427. The maximum Gasteiger partial charge on any atom is 0.339 e. The van der Waals surface area contributed by atoms with Crippen molar-refractivity contribution in [3.05, 3.63) is 23.8 Å². The number of rotatable bonds is 4. The van der Waals surface area contributed by atoms with E-state index in [-0.39, 0.29) is 5.56 Å². The molecular weight excluding hydrogens is 258 g/mol. The minimum absolute atomic E-state index is 0.243. The van der Waals surface area contributed by atoms with Gasteiger partial charge in [0.2, 0.25) is 0 Å². The number of carboxylic acids is 1. The fourth-order valence-corrected chi connectivity index (χ4v) is 2.98. The molecule has 1 aromatic carbocycles. The van der Waals surface area contributed by atoms with Crippen molar-refractivity contribution < 1.29 is 19.4 Å². The Hall–Kier alpha value is -1.75. The number of fused-ring (bicyclic) bond motifs is 1. The highest BCUT2D eigenvalue weighted by Gasteiger charge is 2.37. The zero-order valence-corrected chi connectivity index (χ0v) is 11.5. The van der Waals surface area contributed by atoms with Crippen LogP contribution in [0.5, 0.6) is 5.75 Å². The minimum Gasteiger partial charge on any atom is -0.489 e. The fraction of sp³-hybridized carbons (Fsp3) is 0.533. The molecule has 0 amide bonds. The summed E-state index contributed by atoms with van der Waals surface area (Å²) in [5.74, 6) is -0.435. The van der Waals surface area contributed by atoms with E-state index in [2.05, 4.69) is 4.90 Å². The average Bonchev–Trinajstić information content (AvgIpc) is 2.41. The van der Waals surface area contributed by atoms with Gasteiger partial charge >= 0.3 is 5.97 Å². The normalized spacial score (nSPS) is 24.6. The van der Waals surface area contributed by atoms with Crippen molar-refractivity contribution in [1.29, 1.82) is 0 Å². The van der Waals surface area contributed by atoms with Gasteiger partial charge in [0, 0.05) is 12.6 Å². The predicted molar refractivity (Wildman–Crippen MR) is 74.7 cm³/mol. The standard InChI is InChI=1S/C15H19NO4/c1-2-19-11-8-10(9-11)16-6-7-20-14-12(15(17)18)4-3-5-13(14)16/h3-5,10-11H,2,6-9H2,1H3,(H,17,18). The van der Waals surface area contributed by atoms with Crippen molar-refractivity contribution in [1.82, 2.24) is 0 Å². The third-order valence-corrected chi connectivity index (χ3v) is 4.03. The lowest BCUT2D eigenvalue weighted by Gasteiger charge is -2.45. The summed E-state index contributed by atoms with van der Waals surface area (Å²) in [6.07, 6.45) is 2.36. The van der Waals surface area contributed by atoms with Crippen LogP contribution in [0.3, 0.4) is 0 Å². The van der Waals surface area contributed by atoms with Gasteiger partial charge in [0.1, 0.15) is 12.2 Å². The molecule has 1 aliphatic carbocycles. The molecule has 0 bridgehead atoms. The van der Waals surface area contributed by atoms with E-state index in [0.29, 0.717) is 24.5 Å². The zero-order valence-electron chi connectivity index (χ0n) is 11.5. The number of aromatic carboxylic acids is 1. The smallest absolute Gasteiger partial charge is 0.339 e. The summed E-state index contributed by atoms with van der Waals surface area (Å²) in [6.45, 7) is 4.10. The summed E-state index contributed by atoms with van der Waals surface area (Å²) in [6, 6.07) is 5.74. The third kappa shape index (κ3) is 2.22. The molecule has 1 aliphatic heterocycles. The summed E-state index contributed by atoms with van der Waals surface area (Å²) in [5.41, 5.74) is 1.14. The van der Waals surface area contributed by atoms with Crippen molar-refractivity contribution in [2.45, 2.75) is 31.9 Å². The molecule has 20 heavy (non-hydrogen) atoms. The molecule has 0 unspecified atom stereocenters. The molecule has 108 valence electrons. The highest BCUT2D eigenvalue weighted by Crippen LogP contribution is 2.40. The van der Waals surface area contributed by atoms with E-state index in [4.69, 9.17) is 9.47 Å². The molecule has 1 heterocycles. The van der Waals surface area contributed by atoms with Gasteiger partial charge in [-0.15, -0.1) is 0 Å². The molecule has 1 N–H and O–H groups in total. The van der Waals surface area contributed by atoms with Crippen molar-refractivity contribution in [2.75, 3.05) is 24.7 Å². The Labute approximate surface area is 118 Å². The Bertz CT molecular complexity index is 511. The van der Waals surface area contributed by atoms with Gasteiger partial charge in [-0.1, -0.05) is 6.07 Å². The number of benzene rings is 1. The van der Waals surface area contributed by atoms with E-state index in [1.54, 1.807) is 12.1 Å². The molecule has 0 atom stereocenters. The summed E-state index contributed by atoms with van der Waals surface area (Å²) in [7, 11) is 0. The maximum absolute atomic E-state index is 11.3. The number of nitrogens with zero attached hydrogens (tertiary/aromatic N) is 1. The number of carboxylic acid groups (broad SMARTS) is 1. The van der Waals surface area contributed by atoms with Gasteiger partial charge in [0.15, 0.2) is 5.75 Å². The topological polar surface area (TPSA) is 59.0 Å². The largest absolute Gasteiger partial charge is 0.489 e.